The van der Waals surface area contributed by atoms with Crippen molar-refractivity contribution < 1.29 is 4.79 Å². The molecular formula is C18H26N4OS2. The van der Waals surface area contributed by atoms with Gasteiger partial charge in [-0.15, -0.1) is 11.3 Å². The molecule has 0 unspecified atom stereocenters. The number of nitrogens with zero attached hydrogens (tertiary/aromatic N) is 4. The number of fused-ring (bicyclic) bond motifs is 1. The fourth-order valence-corrected chi connectivity index (χ4v) is 5.20. The van der Waals surface area contributed by atoms with Crippen molar-refractivity contribution >= 4 is 39.2 Å². The molecule has 1 amide bonds. The first-order chi connectivity index (χ1) is 12.0. The van der Waals surface area contributed by atoms with Crippen LogP contribution in [0.3, 0.4) is 0 Å². The highest BCUT2D eigenvalue weighted by atomic mass is 32.2. The lowest BCUT2D eigenvalue weighted by Gasteiger charge is -2.35. The number of aryl methyl sites for hydroxylation is 2. The average Bonchev–Trinajstić information content (AvgIpc) is 2.88. The first kappa shape index (κ1) is 18.6. The lowest BCUT2D eigenvalue weighted by Crippen LogP contribution is -2.50. The second kappa shape index (κ2) is 8.01. The number of rotatable bonds is 5. The van der Waals surface area contributed by atoms with Gasteiger partial charge in [-0.1, -0.05) is 25.6 Å². The molecule has 2 aromatic heterocycles. The summed E-state index contributed by atoms with van der Waals surface area (Å²) in [6.45, 7) is 13.4. The highest BCUT2D eigenvalue weighted by Crippen LogP contribution is 2.34. The van der Waals surface area contributed by atoms with Crippen molar-refractivity contribution in [3.63, 3.8) is 0 Å². The van der Waals surface area contributed by atoms with Crippen molar-refractivity contribution in [2.24, 2.45) is 5.92 Å². The Labute approximate surface area is 157 Å². The van der Waals surface area contributed by atoms with Crippen molar-refractivity contribution in [2.45, 2.75) is 32.7 Å². The van der Waals surface area contributed by atoms with E-state index >= 15 is 0 Å². The molecule has 1 aliphatic heterocycles. The van der Waals surface area contributed by atoms with Crippen LogP contribution in [0.2, 0.25) is 0 Å². The Morgan fingerprint density at radius 1 is 1.24 bits per heavy atom. The maximum Gasteiger partial charge on any atom is 0.233 e. The van der Waals surface area contributed by atoms with Crippen LogP contribution in [0.4, 0.5) is 0 Å². The number of carbonyl (C=O) groups excluding carboxylic acids is 1. The standard InChI is InChI=1S/C18H26N4OS2/c1-12(2)9-21-5-7-22(8-6-21)15(23)10-24-17-16-13(3)14(4)25-18(16)20-11-19-17/h11-12H,5-10H2,1-4H3. The van der Waals surface area contributed by atoms with E-state index in [2.05, 4.69) is 42.6 Å². The first-order valence-corrected chi connectivity index (χ1v) is 10.6. The van der Waals surface area contributed by atoms with Crippen LogP contribution in [-0.4, -0.2) is 64.2 Å². The normalized spacial score (nSPS) is 16.1. The molecule has 0 N–H and O–H groups in total. The summed E-state index contributed by atoms with van der Waals surface area (Å²) in [7, 11) is 0. The smallest absolute Gasteiger partial charge is 0.233 e. The van der Waals surface area contributed by atoms with Gasteiger partial charge < -0.3 is 4.90 Å². The van der Waals surface area contributed by atoms with Crippen LogP contribution in [0, 0.1) is 19.8 Å². The Hall–Kier alpha value is -1.18. The van der Waals surface area contributed by atoms with Crippen molar-refractivity contribution in [3.8, 4) is 0 Å². The summed E-state index contributed by atoms with van der Waals surface area (Å²) in [5.74, 6) is 1.34. The summed E-state index contributed by atoms with van der Waals surface area (Å²) in [6, 6.07) is 0. The van der Waals surface area contributed by atoms with Crippen LogP contribution < -0.4 is 0 Å². The average molecular weight is 379 g/mol. The number of carbonyl (C=O) groups is 1. The molecule has 25 heavy (non-hydrogen) atoms. The Balaban J connectivity index is 1.58. The molecule has 0 radical (unpaired) electrons. The van der Waals surface area contributed by atoms with E-state index in [9.17, 15) is 4.79 Å². The predicted octanol–water partition coefficient (Wildman–Crippen LogP) is 3.20. The molecule has 3 rings (SSSR count). The van der Waals surface area contributed by atoms with Crippen LogP contribution in [0.1, 0.15) is 24.3 Å². The van der Waals surface area contributed by atoms with E-state index in [4.69, 9.17) is 0 Å². The number of aromatic nitrogens is 2. The van der Waals surface area contributed by atoms with E-state index in [1.165, 1.54) is 10.4 Å². The topological polar surface area (TPSA) is 49.3 Å². The molecule has 1 fully saturated rings. The molecule has 2 aromatic rings. The summed E-state index contributed by atoms with van der Waals surface area (Å²) in [5.41, 5.74) is 1.23. The van der Waals surface area contributed by atoms with Crippen molar-refractivity contribution in [2.75, 3.05) is 38.5 Å². The molecule has 1 aliphatic rings. The van der Waals surface area contributed by atoms with Gasteiger partial charge in [0.05, 0.1) is 5.75 Å². The van der Waals surface area contributed by atoms with Gasteiger partial charge in [0.25, 0.3) is 0 Å². The Kier molecular flexibility index (Phi) is 5.96. The van der Waals surface area contributed by atoms with Crippen LogP contribution >= 0.6 is 23.1 Å². The molecule has 3 heterocycles. The van der Waals surface area contributed by atoms with Crippen molar-refractivity contribution in [1.29, 1.82) is 0 Å². The fourth-order valence-electron chi connectivity index (χ4n) is 3.18. The Bertz CT molecular complexity index is 751. The third kappa shape index (κ3) is 4.33. The van der Waals surface area contributed by atoms with E-state index in [0.29, 0.717) is 11.7 Å². The molecule has 7 heteroatoms. The zero-order valence-corrected chi connectivity index (χ0v) is 17.0. The third-order valence-corrected chi connectivity index (χ3v) is 6.70. The molecule has 0 aromatic carbocycles. The van der Waals surface area contributed by atoms with E-state index in [1.54, 1.807) is 29.4 Å². The quantitative estimate of drug-likeness (QED) is 0.591. The van der Waals surface area contributed by atoms with Crippen LogP contribution in [-0.2, 0) is 4.79 Å². The number of piperazine rings is 1. The molecular weight excluding hydrogens is 352 g/mol. The number of thioether (sulfide) groups is 1. The van der Waals surface area contributed by atoms with Gasteiger partial charge in [0.2, 0.25) is 5.91 Å². The minimum Gasteiger partial charge on any atom is -0.339 e. The summed E-state index contributed by atoms with van der Waals surface area (Å²) < 4.78 is 0. The minimum absolute atomic E-state index is 0.213. The van der Waals surface area contributed by atoms with Crippen LogP contribution in [0.25, 0.3) is 10.2 Å². The minimum atomic E-state index is 0.213. The second-order valence-corrected chi connectivity index (χ2v) is 9.17. The molecule has 0 saturated carbocycles. The molecule has 0 aliphatic carbocycles. The number of amides is 1. The van der Waals surface area contributed by atoms with E-state index in [1.807, 2.05) is 4.90 Å². The highest BCUT2D eigenvalue weighted by molar-refractivity contribution is 8.00. The van der Waals surface area contributed by atoms with E-state index in [0.717, 1.165) is 48.0 Å². The molecule has 136 valence electrons. The summed E-state index contributed by atoms with van der Waals surface area (Å²) in [6.07, 6.45) is 1.61. The summed E-state index contributed by atoms with van der Waals surface area (Å²) >= 11 is 3.24. The molecule has 5 nitrogen and oxygen atoms in total. The summed E-state index contributed by atoms with van der Waals surface area (Å²) in [4.78, 5) is 28.1. The predicted molar refractivity (Wildman–Crippen MR) is 105 cm³/mol. The largest absolute Gasteiger partial charge is 0.339 e. The highest BCUT2D eigenvalue weighted by Gasteiger charge is 2.22. The van der Waals surface area contributed by atoms with Crippen molar-refractivity contribution in [3.05, 3.63) is 16.8 Å². The molecule has 1 saturated heterocycles. The van der Waals surface area contributed by atoms with Gasteiger partial charge in [-0.2, -0.15) is 0 Å². The lowest BCUT2D eigenvalue weighted by atomic mass is 10.2. The van der Waals surface area contributed by atoms with Gasteiger partial charge in [-0.25, -0.2) is 9.97 Å². The molecule has 0 atom stereocenters. The SMILES string of the molecule is Cc1sc2ncnc(SCC(=O)N3CCN(CC(C)C)CC3)c2c1C. The van der Waals surface area contributed by atoms with E-state index in [-0.39, 0.29) is 5.91 Å². The van der Waals surface area contributed by atoms with Gasteiger partial charge in [0.15, 0.2) is 0 Å². The first-order valence-electron chi connectivity index (χ1n) is 8.79. The number of thiophene rings is 1. The zero-order chi connectivity index (χ0) is 18.0. The van der Waals surface area contributed by atoms with Gasteiger partial charge >= 0.3 is 0 Å². The Morgan fingerprint density at radius 2 is 1.96 bits per heavy atom. The fraction of sp³-hybridized carbons (Fsp3) is 0.611. The summed E-state index contributed by atoms with van der Waals surface area (Å²) in [5, 5.41) is 2.04. The molecule has 0 bridgehead atoms. The lowest BCUT2D eigenvalue weighted by molar-refractivity contribution is -0.130. The van der Waals surface area contributed by atoms with Crippen molar-refractivity contribution in [1.82, 2.24) is 19.8 Å². The van der Waals surface area contributed by atoms with Gasteiger partial charge in [0, 0.05) is 43.0 Å². The maximum atomic E-state index is 12.6. The van der Waals surface area contributed by atoms with Gasteiger partial charge in [-0.05, 0) is 25.3 Å². The zero-order valence-electron chi connectivity index (χ0n) is 15.4. The molecule has 0 spiro atoms. The van der Waals surface area contributed by atoms with E-state index < -0.39 is 0 Å². The monoisotopic (exact) mass is 378 g/mol. The Morgan fingerprint density at radius 3 is 2.64 bits per heavy atom. The van der Waals surface area contributed by atoms with Gasteiger partial charge in [0.1, 0.15) is 16.2 Å². The van der Waals surface area contributed by atoms with Crippen LogP contribution in [0.5, 0.6) is 0 Å². The number of hydrogen-bond acceptors (Lipinski definition) is 6. The third-order valence-electron chi connectivity index (χ3n) is 4.61. The van der Waals surface area contributed by atoms with Crippen LogP contribution in [0.15, 0.2) is 11.4 Å². The second-order valence-electron chi connectivity index (χ2n) is 7.01. The maximum absolute atomic E-state index is 12.6. The number of hydrogen-bond donors (Lipinski definition) is 0. The van der Waals surface area contributed by atoms with Gasteiger partial charge in [-0.3, -0.25) is 9.69 Å².